The molecule has 3 aromatic rings. The second-order valence-corrected chi connectivity index (χ2v) is 7.13. The highest BCUT2D eigenvalue weighted by Crippen LogP contribution is 2.22. The Balaban J connectivity index is 1.53. The maximum atomic E-state index is 12.1. The number of carbonyl (C=O) groups excluding carboxylic acids is 1. The van der Waals surface area contributed by atoms with E-state index in [1.165, 1.54) is 5.56 Å². The standard InChI is InChI=1S/C20H21N3OS/c1-14(2)15-3-5-17(6-4-15)22-19(24)7-8-20-23-18(13-25-20)16-9-11-21-12-10-16/h3-6,9-14H,7-8H2,1-2H3,(H,22,24). The minimum atomic E-state index is 0.0120. The van der Waals surface area contributed by atoms with Crippen molar-refractivity contribution in [2.75, 3.05) is 5.32 Å². The lowest BCUT2D eigenvalue weighted by Gasteiger charge is -2.08. The number of anilines is 1. The average molecular weight is 351 g/mol. The molecule has 0 saturated heterocycles. The number of nitrogens with one attached hydrogen (secondary N) is 1. The lowest BCUT2D eigenvalue weighted by molar-refractivity contribution is -0.116. The maximum Gasteiger partial charge on any atom is 0.224 e. The van der Waals surface area contributed by atoms with Crippen molar-refractivity contribution >= 4 is 22.9 Å². The van der Waals surface area contributed by atoms with Crippen molar-refractivity contribution in [3.8, 4) is 11.3 Å². The summed E-state index contributed by atoms with van der Waals surface area (Å²) in [5.74, 6) is 0.502. The monoisotopic (exact) mass is 351 g/mol. The van der Waals surface area contributed by atoms with Crippen molar-refractivity contribution in [1.29, 1.82) is 0 Å². The van der Waals surface area contributed by atoms with Gasteiger partial charge < -0.3 is 5.32 Å². The van der Waals surface area contributed by atoms with E-state index < -0.39 is 0 Å². The van der Waals surface area contributed by atoms with Gasteiger partial charge in [-0.3, -0.25) is 9.78 Å². The Kier molecular flexibility index (Phi) is 5.56. The van der Waals surface area contributed by atoms with Crippen LogP contribution in [0.1, 0.15) is 36.8 Å². The predicted octanol–water partition coefficient (Wildman–Crippen LogP) is 4.90. The van der Waals surface area contributed by atoms with Crippen LogP contribution in [0, 0.1) is 0 Å². The summed E-state index contributed by atoms with van der Waals surface area (Å²) in [5, 5.41) is 5.94. The van der Waals surface area contributed by atoms with E-state index >= 15 is 0 Å². The van der Waals surface area contributed by atoms with E-state index in [1.54, 1.807) is 23.7 Å². The molecule has 0 atom stereocenters. The van der Waals surface area contributed by atoms with Gasteiger partial charge in [0.15, 0.2) is 0 Å². The van der Waals surface area contributed by atoms with Crippen LogP contribution in [0.2, 0.25) is 0 Å². The van der Waals surface area contributed by atoms with Gasteiger partial charge in [0.1, 0.15) is 0 Å². The fraction of sp³-hybridized carbons (Fsp3) is 0.250. The number of benzene rings is 1. The molecule has 3 rings (SSSR count). The van der Waals surface area contributed by atoms with E-state index in [9.17, 15) is 4.79 Å². The molecule has 0 aliphatic heterocycles. The van der Waals surface area contributed by atoms with Crippen LogP contribution in [0.25, 0.3) is 11.3 Å². The Bertz CT molecular complexity index is 826. The van der Waals surface area contributed by atoms with Crippen LogP contribution in [-0.4, -0.2) is 15.9 Å². The quantitative estimate of drug-likeness (QED) is 0.687. The van der Waals surface area contributed by atoms with Crippen LogP contribution in [-0.2, 0) is 11.2 Å². The van der Waals surface area contributed by atoms with Gasteiger partial charge in [-0.15, -0.1) is 11.3 Å². The normalized spacial score (nSPS) is 10.8. The molecule has 0 unspecified atom stereocenters. The van der Waals surface area contributed by atoms with E-state index in [0.717, 1.165) is 22.0 Å². The van der Waals surface area contributed by atoms with Gasteiger partial charge in [-0.2, -0.15) is 0 Å². The smallest absolute Gasteiger partial charge is 0.224 e. The molecule has 0 spiro atoms. The molecule has 1 amide bonds. The molecule has 0 aliphatic rings. The molecular weight excluding hydrogens is 330 g/mol. The van der Waals surface area contributed by atoms with E-state index in [2.05, 4.69) is 41.3 Å². The van der Waals surface area contributed by atoms with Crippen LogP contribution in [0.3, 0.4) is 0 Å². The van der Waals surface area contributed by atoms with E-state index in [-0.39, 0.29) is 5.91 Å². The highest BCUT2D eigenvalue weighted by molar-refractivity contribution is 7.09. The lowest BCUT2D eigenvalue weighted by Crippen LogP contribution is -2.12. The fourth-order valence-corrected chi connectivity index (χ4v) is 3.28. The summed E-state index contributed by atoms with van der Waals surface area (Å²) < 4.78 is 0. The van der Waals surface area contributed by atoms with E-state index in [1.807, 2.05) is 29.6 Å². The van der Waals surface area contributed by atoms with Gasteiger partial charge in [0.2, 0.25) is 5.91 Å². The number of thiazole rings is 1. The van der Waals surface area contributed by atoms with Crippen molar-refractivity contribution < 1.29 is 4.79 Å². The summed E-state index contributed by atoms with van der Waals surface area (Å²) in [4.78, 5) is 20.8. The molecule has 2 heterocycles. The molecule has 2 aromatic heterocycles. The zero-order valence-electron chi connectivity index (χ0n) is 14.4. The highest BCUT2D eigenvalue weighted by Gasteiger charge is 2.08. The molecule has 25 heavy (non-hydrogen) atoms. The molecule has 1 N–H and O–H groups in total. The number of hydrogen-bond donors (Lipinski definition) is 1. The van der Waals surface area contributed by atoms with E-state index in [4.69, 9.17) is 0 Å². The number of nitrogens with zero attached hydrogens (tertiary/aromatic N) is 2. The largest absolute Gasteiger partial charge is 0.326 e. The zero-order chi connectivity index (χ0) is 17.6. The first-order valence-corrected chi connectivity index (χ1v) is 9.24. The summed E-state index contributed by atoms with van der Waals surface area (Å²) in [6.07, 6.45) is 4.58. The van der Waals surface area contributed by atoms with Gasteiger partial charge in [0, 0.05) is 41.9 Å². The van der Waals surface area contributed by atoms with Crippen molar-refractivity contribution in [2.24, 2.45) is 0 Å². The number of carbonyl (C=O) groups is 1. The Hall–Kier alpha value is -2.53. The first kappa shape index (κ1) is 17.3. The second-order valence-electron chi connectivity index (χ2n) is 6.19. The SMILES string of the molecule is CC(C)c1ccc(NC(=O)CCc2nc(-c3ccncc3)cs2)cc1. The van der Waals surface area contributed by atoms with Crippen molar-refractivity contribution in [3.63, 3.8) is 0 Å². The Morgan fingerprint density at radius 3 is 2.52 bits per heavy atom. The Morgan fingerprint density at radius 1 is 1.12 bits per heavy atom. The average Bonchev–Trinajstić information content (AvgIpc) is 3.10. The number of aromatic nitrogens is 2. The van der Waals surface area contributed by atoms with Gasteiger partial charge >= 0.3 is 0 Å². The summed E-state index contributed by atoms with van der Waals surface area (Å²) in [6.45, 7) is 4.31. The van der Waals surface area contributed by atoms with E-state index in [0.29, 0.717) is 18.8 Å². The number of aryl methyl sites for hydroxylation is 1. The second kappa shape index (κ2) is 8.03. The maximum absolute atomic E-state index is 12.1. The topological polar surface area (TPSA) is 54.9 Å². The summed E-state index contributed by atoms with van der Waals surface area (Å²) >= 11 is 1.59. The van der Waals surface area contributed by atoms with Gasteiger partial charge in [-0.1, -0.05) is 26.0 Å². The molecule has 0 saturated carbocycles. The molecule has 0 fully saturated rings. The third-order valence-corrected chi connectivity index (χ3v) is 4.86. The fourth-order valence-electron chi connectivity index (χ4n) is 2.48. The number of rotatable bonds is 6. The minimum absolute atomic E-state index is 0.0120. The van der Waals surface area contributed by atoms with Crippen molar-refractivity contribution in [3.05, 3.63) is 64.7 Å². The molecule has 0 radical (unpaired) electrons. The van der Waals surface area contributed by atoms with Crippen molar-refractivity contribution in [1.82, 2.24) is 9.97 Å². The molecule has 5 heteroatoms. The molecule has 0 aliphatic carbocycles. The van der Waals surface area contributed by atoms with Gasteiger partial charge in [-0.05, 0) is 35.7 Å². The third-order valence-electron chi connectivity index (χ3n) is 3.95. The van der Waals surface area contributed by atoms with Crippen LogP contribution in [0.4, 0.5) is 5.69 Å². The molecule has 1 aromatic carbocycles. The van der Waals surface area contributed by atoms with Gasteiger partial charge in [-0.25, -0.2) is 4.98 Å². The minimum Gasteiger partial charge on any atom is -0.326 e. The molecule has 128 valence electrons. The number of hydrogen-bond acceptors (Lipinski definition) is 4. The molecular formula is C20H21N3OS. The first-order valence-electron chi connectivity index (χ1n) is 8.36. The number of pyridine rings is 1. The first-order chi connectivity index (χ1) is 12.1. The van der Waals surface area contributed by atoms with Gasteiger partial charge in [0.25, 0.3) is 0 Å². The molecule has 0 bridgehead atoms. The van der Waals surface area contributed by atoms with Crippen molar-refractivity contribution in [2.45, 2.75) is 32.6 Å². The zero-order valence-corrected chi connectivity index (χ0v) is 15.2. The third kappa shape index (κ3) is 4.73. The summed E-state index contributed by atoms with van der Waals surface area (Å²) in [7, 11) is 0. The van der Waals surface area contributed by atoms with Crippen LogP contribution >= 0.6 is 11.3 Å². The lowest BCUT2D eigenvalue weighted by atomic mass is 10.0. The van der Waals surface area contributed by atoms with Crippen LogP contribution < -0.4 is 5.32 Å². The number of amides is 1. The van der Waals surface area contributed by atoms with Gasteiger partial charge in [0.05, 0.1) is 10.7 Å². The summed E-state index contributed by atoms with van der Waals surface area (Å²) in [5.41, 5.74) is 4.09. The Morgan fingerprint density at radius 2 is 1.84 bits per heavy atom. The summed E-state index contributed by atoms with van der Waals surface area (Å²) in [6, 6.07) is 11.9. The van der Waals surface area contributed by atoms with Crippen LogP contribution in [0.15, 0.2) is 54.2 Å². The molecule has 4 nitrogen and oxygen atoms in total. The Labute approximate surface area is 152 Å². The highest BCUT2D eigenvalue weighted by atomic mass is 32.1. The predicted molar refractivity (Wildman–Crippen MR) is 103 cm³/mol. The van der Waals surface area contributed by atoms with Crippen LogP contribution in [0.5, 0.6) is 0 Å².